The van der Waals surface area contributed by atoms with Gasteiger partial charge in [-0.15, -0.1) is 0 Å². The summed E-state index contributed by atoms with van der Waals surface area (Å²) in [4.78, 5) is 13.5. The van der Waals surface area contributed by atoms with Gasteiger partial charge in [-0.25, -0.2) is 0 Å². The Morgan fingerprint density at radius 1 is 1.56 bits per heavy atom. The molecule has 1 saturated heterocycles. The summed E-state index contributed by atoms with van der Waals surface area (Å²) < 4.78 is 2.19. The van der Waals surface area contributed by atoms with Crippen molar-refractivity contribution in [2.24, 2.45) is 0 Å². The van der Waals surface area contributed by atoms with Gasteiger partial charge >= 0.3 is 0 Å². The number of likely N-dealkylation sites (tertiary alicyclic amines) is 1. The quantitative estimate of drug-likeness (QED) is 0.817. The number of carbonyl (C=O) groups is 1. The van der Waals surface area contributed by atoms with Crippen LogP contribution in [-0.2, 0) is 17.9 Å². The molecular weight excluding hydrogens is 202 g/mol. The van der Waals surface area contributed by atoms with Gasteiger partial charge in [-0.3, -0.25) is 4.79 Å². The van der Waals surface area contributed by atoms with Crippen LogP contribution in [-0.4, -0.2) is 35.0 Å². The molecule has 1 aliphatic heterocycles. The number of aromatic nitrogens is 1. The zero-order valence-corrected chi connectivity index (χ0v) is 9.94. The van der Waals surface area contributed by atoms with Crippen LogP contribution in [0.5, 0.6) is 0 Å². The van der Waals surface area contributed by atoms with Gasteiger partial charge in [0.15, 0.2) is 0 Å². The van der Waals surface area contributed by atoms with Crippen LogP contribution in [0.15, 0.2) is 18.3 Å². The largest absolute Gasteiger partial charge is 0.351 e. The third-order valence-corrected chi connectivity index (χ3v) is 3.22. The molecule has 1 aliphatic rings. The van der Waals surface area contributed by atoms with E-state index in [-0.39, 0.29) is 11.9 Å². The molecule has 4 nitrogen and oxygen atoms in total. The number of amides is 1. The standard InChI is InChI=1S/C12H19N3O/c1-3-15-7-4-5-10(15)9-13-11-6-8-14(2)12(11)16/h4-5,7,11,13H,3,6,8-9H2,1-2H3. The van der Waals surface area contributed by atoms with Gasteiger partial charge in [0.1, 0.15) is 0 Å². The van der Waals surface area contributed by atoms with Crippen molar-refractivity contribution in [3.8, 4) is 0 Å². The van der Waals surface area contributed by atoms with Crippen LogP contribution < -0.4 is 5.32 Å². The van der Waals surface area contributed by atoms with E-state index in [1.807, 2.05) is 13.1 Å². The summed E-state index contributed by atoms with van der Waals surface area (Å²) in [6, 6.07) is 4.15. The van der Waals surface area contributed by atoms with Crippen molar-refractivity contribution in [3.05, 3.63) is 24.0 Å². The highest BCUT2D eigenvalue weighted by Gasteiger charge is 2.28. The second kappa shape index (κ2) is 4.70. The third-order valence-electron chi connectivity index (χ3n) is 3.22. The Kier molecular flexibility index (Phi) is 3.29. The van der Waals surface area contributed by atoms with Crippen LogP contribution in [0.3, 0.4) is 0 Å². The smallest absolute Gasteiger partial charge is 0.239 e. The van der Waals surface area contributed by atoms with Gasteiger partial charge < -0.3 is 14.8 Å². The van der Waals surface area contributed by atoms with Crippen LogP contribution in [0.25, 0.3) is 0 Å². The predicted octanol–water partition coefficient (Wildman–Crippen LogP) is 0.828. The number of rotatable bonds is 4. The molecule has 0 spiro atoms. The molecule has 1 amide bonds. The van der Waals surface area contributed by atoms with E-state index in [9.17, 15) is 4.79 Å². The fourth-order valence-corrected chi connectivity index (χ4v) is 2.16. The van der Waals surface area contributed by atoms with E-state index in [2.05, 4.69) is 29.1 Å². The zero-order valence-electron chi connectivity index (χ0n) is 9.94. The SMILES string of the molecule is CCn1cccc1CNC1CCN(C)C1=O. The van der Waals surface area contributed by atoms with Crippen molar-refractivity contribution in [2.45, 2.75) is 32.5 Å². The topological polar surface area (TPSA) is 37.3 Å². The number of hydrogen-bond donors (Lipinski definition) is 1. The third kappa shape index (κ3) is 2.11. The number of aryl methyl sites for hydroxylation is 1. The Labute approximate surface area is 96.2 Å². The molecular formula is C12H19N3O. The first-order valence-corrected chi connectivity index (χ1v) is 5.84. The van der Waals surface area contributed by atoms with E-state index in [1.165, 1.54) is 5.69 Å². The zero-order chi connectivity index (χ0) is 11.5. The predicted molar refractivity (Wildman–Crippen MR) is 63.0 cm³/mol. The number of likely N-dealkylation sites (N-methyl/N-ethyl adjacent to an activating group) is 1. The summed E-state index contributed by atoms with van der Waals surface area (Å²) in [5.41, 5.74) is 1.24. The van der Waals surface area contributed by atoms with Crippen LogP contribution in [0.1, 0.15) is 19.0 Å². The van der Waals surface area contributed by atoms with Crippen LogP contribution in [0.2, 0.25) is 0 Å². The van der Waals surface area contributed by atoms with E-state index in [0.717, 1.165) is 26.1 Å². The van der Waals surface area contributed by atoms with Gasteiger partial charge in [-0.05, 0) is 25.5 Å². The van der Waals surface area contributed by atoms with Gasteiger partial charge in [0.05, 0.1) is 6.04 Å². The maximum Gasteiger partial charge on any atom is 0.239 e. The molecule has 1 unspecified atom stereocenters. The molecule has 0 aliphatic carbocycles. The van der Waals surface area contributed by atoms with Crippen molar-refractivity contribution in [1.82, 2.24) is 14.8 Å². The van der Waals surface area contributed by atoms with E-state index in [0.29, 0.717) is 0 Å². The van der Waals surface area contributed by atoms with Crippen LogP contribution >= 0.6 is 0 Å². The number of nitrogens with one attached hydrogen (secondary N) is 1. The molecule has 0 saturated carbocycles. The molecule has 88 valence electrons. The highest BCUT2D eigenvalue weighted by molar-refractivity contribution is 5.83. The molecule has 1 aromatic heterocycles. The van der Waals surface area contributed by atoms with Crippen molar-refractivity contribution in [2.75, 3.05) is 13.6 Å². The van der Waals surface area contributed by atoms with E-state index < -0.39 is 0 Å². The van der Waals surface area contributed by atoms with Crippen molar-refractivity contribution < 1.29 is 4.79 Å². The second-order valence-corrected chi connectivity index (χ2v) is 4.27. The highest BCUT2D eigenvalue weighted by Crippen LogP contribution is 2.10. The molecule has 0 radical (unpaired) electrons. The minimum atomic E-state index is 0.00482. The minimum Gasteiger partial charge on any atom is -0.351 e. The van der Waals surface area contributed by atoms with Crippen molar-refractivity contribution in [1.29, 1.82) is 0 Å². The fraction of sp³-hybridized carbons (Fsp3) is 0.583. The number of carbonyl (C=O) groups excluding carboxylic acids is 1. The molecule has 1 aromatic rings. The van der Waals surface area contributed by atoms with Crippen molar-refractivity contribution in [3.63, 3.8) is 0 Å². The molecule has 1 fully saturated rings. The molecule has 1 atom stereocenters. The molecule has 4 heteroatoms. The summed E-state index contributed by atoms with van der Waals surface area (Å²) in [7, 11) is 1.86. The Morgan fingerprint density at radius 2 is 2.38 bits per heavy atom. The lowest BCUT2D eigenvalue weighted by Crippen LogP contribution is -2.36. The summed E-state index contributed by atoms with van der Waals surface area (Å²) in [6.07, 6.45) is 2.99. The maximum atomic E-state index is 11.7. The van der Waals surface area contributed by atoms with Gasteiger partial charge in [0, 0.05) is 38.6 Å². The first kappa shape index (κ1) is 11.2. The first-order chi connectivity index (χ1) is 7.72. The van der Waals surface area contributed by atoms with Crippen LogP contribution in [0.4, 0.5) is 0 Å². The second-order valence-electron chi connectivity index (χ2n) is 4.27. The van der Waals surface area contributed by atoms with Gasteiger partial charge in [-0.2, -0.15) is 0 Å². The Hall–Kier alpha value is -1.29. The number of nitrogens with zero attached hydrogens (tertiary/aromatic N) is 2. The van der Waals surface area contributed by atoms with E-state index in [1.54, 1.807) is 4.90 Å². The first-order valence-electron chi connectivity index (χ1n) is 5.84. The summed E-state index contributed by atoms with van der Waals surface area (Å²) in [6.45, 7) is 4.73. The van der Waals surface area contributed by atoms with Crippen molar-refractivity contribution >= 4 is 5.91 Å². The Morgan fingerprint density at radius 3 is 3.00 bits per heavy atom. The molecule has 2 heterocycles. The molecule has 0 aromatic carbocycles. The van der Waals surface area contributed by atoms with E-state index in [4.69, 9.17) is 0 Å². The Bertz CT molecular complexity index is 372. The molecule has 16 heavy (non-hydrogen) atoms. The maximum absolute atomic E-state index is 11.7. The summed E-state index contributed by atoms with van der Waals surface area (Å²) in [5.74, 6) is 0.217. The van der Waals surface area contributed by atoms with Gasteiger partial charge in [0.25, 0.3) is 0 Å². The van der Waals surface area contributed by atoms with Gasteiger partial charge in [0.2, 0.25) is 5.91 Å². The minimum absolute atomic E-state index is 0.00482. The van der Waals surface area contributed by atoms with E-state index >= 15 is 0 Å². The normalized spacial score (nSPS) is 20.8. The molecule has 2 rings (SSSR count). The lowest BCUT2D eigenvalue weighted by atomic mass is 10.2. The Balaban J connectivity index is 1.90. The molecule has 1 N–H and O–H groups in total. The highest BCUT2D eigenvalue weighted by atomic mass is 16.2. The summed E-state index contributed by atoms with van der Waals surface area (Å²) >= 11 is 0. The lowest BCUT2D eigenvalue weighted by molar-refractivity contribution is -0.128. The fourth-order valence-electron chi connectivity index (χ4n) is 2.16. The summed E-state index contributed by atoms with van der Waals surface area (Å²) in [5, 5.41) is 3.33. The average Bonchev–Trinajstić information content (AvgIpc) is 2.86. The average molecular weight is 221 g/mol. The monoisotopic (exact) mass is 221 g/mol. The lowest BCUT2D eigenvalue weighted by Gasteiger charge is -2.13. The van der Waals surface area contributed by atoms with Gasteiger partial charge in [-0.1, -0.05) is 0 Å². The van der Waals surface area contributed by atoms with Crippen LogP contribution in [0, 0.1) is 0 Å². The molecule has 0 bridgehead atoms. The number of hydrogen-bond acceptors (Lipinski definition) is 2.